The molecular formula is C20H25N5O2. The van der Waals surface area contributed by atoms with Crippen LogP contribution in [-0.4, -0.2) is 59.3 Å². The van der Waals surface area contributed by atoms with E-state index < -0.39 is 0 Å². The number of hydrogen-bond acceptors (Lipinski definition) is 4. The molecule has 0 spiro atoms. The van der Waals surface area contributed by atoms with E-state index in [1.807, 2.05) is 23.2 Å². The summed E-state index contributed by atoms with van der Waals surface area (Å²) in [5, 5.41) is 13.3. The van der Waals surface area contributed by atoms with Crippen molar-refractivity contribution in [2.45, 2.75) is 26.8 Å². The first kappa shape index (κ1) is 18.9. The molecule has 0 aliphatic carbocycles. The van der Waals surface area contributed by atoms with Crippen LogP contribution in [0.2, 0.25) is 0 Å². The van der Waals surface area contributed by atoms with Crippen LogP contribution in [0.3, 0.4) is 0 Å². The van der Waals surface area contributed by atoms with Crippen LogP contribution in [0.5, 0.6) is 0 Å². The summed E-state index contributed by atoms with van der Waals surface area (Å²) in [6.07, 6.45) is 2.68. The highest BCUT2D eigenvalue weighted by atomic mass is 16.2. The van der Waals surface area contributed by atoms with Crippen LogP contribution >= 0.6 is 0 Å². The predicted octanol–water partition coefficient (Wildman–Crippen LogP) is 1.38. The minimum atomic E-state index is -0.0436. The second-order valence-electron chi connectivity index (χ2n) is 7.00. The molecule has 2 aromatic rings. The number of aromatic nitrogens is 1. The van der Waals surface area contributed by atoms with E-state index in [1.54, 1.807) is 6.92 Å². The lowest BCUT2D eigenvalue weighted by Gasteiger charge is -2.34. The van der Waals surface area contributed by atoms with E-state index in [0.29, 0.717) is 18.5 Å². The van der Waals surface area contributed by atoms with E-state index in [1.165, 1.54) is 6.92 Å². The van der Waals surface area contributed by atoms with Crippen molar-refractivity contribution in [1.82, 2.24) is 20.1 Å². The normalized spacial score (nSPS) is 14.9. The fourth-order valence-electron chi connectivity index (χ4n) is 3.59. The molecule has 3 rings (SSSR count). The largest absolute Gasteiger partial charge is 0.361 e. The van der Waals surface area contributed by atoms with Gasteiger partial charge in [-0.05, 0) is 29.7 Å². The van der Waals surface area contributed by atoms with Crippen molar-refractivity contribution in [2.75, 3.05) is 32.7 Å². The second kappa shape index (κ2) is 8.23. The summed E-state index contributed by atoms with van der Waals surface area (Å²) < 4.78 is 0. The Morgan fingerprint density at radius 3 is 2.56 bits per heavy atom. The minimum absolute atomic E-state index is 0.0436. The van der Waals surface area contributed by atoms with Crippen LogP contribution in [0.15, 0.2) is 18.3 Å². The Hall–Kier alpha value is -2.85. The summed E-state index contributed by atoms with van der Waals surface area (Å²) >= 11 is 0. The fourth-order valence-corrected chi connectivity index (χ4v) is 3.59. The monoisotopic (exact) mass is 367 g/mol. The molecule has 1 saturated heterocycles. The minimum Gasteiger partial charge on any atom is -0.361 e. The third-order valence-electron chi connectivity index (χ3n) is 5.07. The maximum Gasteiger partial charge on any atom is 0.219 e. The number of rotatable bonds is 5. The van der Waals surface area contributed by atoms with Crippen molar-refractivity contribution in [3.8, 4) is 6.07 Å². The quantitative estimate of drug-likeness (QED) is 0.835. The van der Waals surface area contributed by atoms with Gasteiger partial charge in [0.25, 0.3) is 0 Å². The van der Waals surface area contributed by atoms with Crippen molar-refractivity contribution in [1.29, 1.82) is 5.26 Å². The first-order chi connectivity index (χ1) is 13.0. The number of nitriles is 1. The van der Waals surface area contributed by atoms with Gasteiger partial charge in [-0.1, -0.05) is 0 Å². The van der Waals surface area contributed by atoms with E-state index in [-0.39, 0.29) is 11.8 Å². The summed E-state index contributed by atoms with van der Waals surface area (Å²) in [6.45, 7) is 7.56. The number of amides is 2. The number of benzene rings is 1. The Morgan fingerprint density at radius 1 is 1.19 bits per heavy atom. The number of carbonyl (C=O) groups excluding carboxylic acids is 2. The fraction of sp³-hybridized carbons (Fsp3) is 0.450. The first-order valence-corrected chi connectivity index (χ1v) is 9.23. The molecule has 2 heterocycles. The van der Waals surface area contributed by atoms with Crippen molar-refractivity contribution in [3.63, 3.8) is 0 Å². The lowest BCUT2D eigenvalue weighted by atomic mass is 10.0. The number of nitrogens with one attached hydrogen (secondary N) is 2. The standard InChI is InChI=1S/C20H25N5O2/c1-14(26)22-4-3-17-12-23-20-18(9-16(11-21)10-19(17)20)13-24-5-7-25(8-6-24)15(2)27/h9-10,12,23H,3-8,13H2,1-2H3,(H,22,26). The van der Waals surface area contributed by atoms with Gasteiger partial charge in [0.15, 0.2) is 0 Å². The van der Waals surface area contributed by atoms with Gasteiger partial charge in [-0.2, -0.15) is 5.26 Å². The molecule has 1 fully saturated rings. The Labute approximate surface area is 158 Å². The van der Waals surface area contributed by atoms with Crippen molar-refractivity contribution < 1.29 is 9.59 Å². The van der Waals surface area contributed by atoms with Crippen LogP contribution in [-0.2, 0) is 22.6 Å². The number of fused-ring (bicyclic) bond motifs is 1. The van der Waals surface area contributed by atoms with E-state index in [9.17, 15) is 14.9 Å². The van der Waals surface area contributed by atoms with Crippen molar-refractivity contribution >= 4 is 22.7 Å². The molecule has 0 atom stereocenters. The molecule has 0 saturated carbocycles. The van der Waals surface area contributed by atoms with E-state index in [4.69, 9.17) is 0 Å². The first-order valence-electron chi connectivity index (χ1n) is 9.23. The summed E-state index contributed by atoms with van der Waals surface area (Å²) in [5.41, 5.74) is 3.87. The van der Waals surface area contributed by atoms with Crippen LogP contribution in [0, 0.1) is 11.3 Å². The highest BCUT2D eigenvalue weighted by molar-refractivity contribution is 5.87. The highest BCUT2D eigenvalue weighted by Crippen LogP contribution is 2.25. The Balaban J connectivity index is 1.79. The van der Waals surface area contributed by atoms with E-state index >= 15 is 0 Å². The van der Waals surface area contributed by atoms with Gasteiger partial charge >= 0.3 is 0 Å². The van der Waals surface area contributed by atoms with Gasteiger partial charge in [-0.3, -0.25) is 14.5 Å². The molecular weight excluding hydrogens is 342 g/mol. The summed E-state index contributed by atoms with van der Waals surface area (Å²) in [4.78, 5) is 30.1. The summed E-state index contributed by atoms with van der Waals surface area (Å²) in [5.74, 6) is 0.0784. The Kier molecular flexibility index (Phi) is 5.77. The molecule has 1 aromatic carbocycles. The van der Waals surface area contributed by atoms with Crippen LogP contribution in [0.25, 0.3) is 10.9 Å². The number of H-pyrrole nitrogens is 1. The Bertz CT molecular complexity index is 888. The topological polar surface area (TPSA) is 92.2 Å². The molecule has 0 bridgehead atoms. The van der Waals surface area contributed by atoms with Crippen molar-refractivity contribution in [3.05, 3.63) is 35.0 Å². The predicted molar refractivity (Wildman–Crippen MR) is 103 cm³/mol. The molecule has 1 aliphatic heterocycles. The van der Waals surface area contributed by atoms with Crippen LogP contribution < -0.4 is 5.32 Å². The molecule has 142 valence electrons. The van der Waals surface area contributed by atoms with Gasteiger partial charge in [-0.15, -0.1) is 0 Å². The molecule has 0 radical (unpaired) electrons. The zero-order valence-electron chi connectivity index (χ0n) is 15.8. The number of hydrogen-bond donors (Lipinski definition) is 2. The lowest BCUT2D eigenvalue weighted by Crippen LogP contribution is -2.47. The Morgan fingerprint density at radius 2 is 1.93 bits per heavy atom. The van der Waals surface area contributed by atoms with Crippen molar-refractivity contribution in [2.24, 2.45) is 0 Å². The zero-order valence-corrected chi connectivity index (χ0v) is 15.8. The smallest absolute Gasteiger partial charge is 0.219 e. The summed E-state index contributed by atoms with van der Waals surface area (Å²) in [6, 6.07) is 6.10. The van der Waals surface area contributed by atoms with Gasteiger partial charge in [0.1, 0.15) is 0 Å². The van der Waals surface area contributed by atoms with Gasteiger partial charge < -0.3 is 15.2 Å². The molecule has 0 unspecified atom stereocenters. The molecule has 2 N–H and O–H groups in total. The van der Waals surface area contributed by atoms with Gasteiger partial charge in [0, 0.05) is 64.7 Å². The highest BCUT2D eigenvalue weighted by Gasteiger charge is 2.20. The van der Waals surface area contributed by atoms with E-state index in [0.717, 1.165) is 54.8 Å². The molecule has 1 aromatic heterocycles. The third-order valence-corrected chi connectivity index (χ3v) is 5.07. The van der Waals surface area contributed by atoms with Crippen LogP contribution in [0.1, 0.15) is 30.5 Å². The van der Waals surface area contributed by atoms with Crippen LogP contribution in [0.4, 0.5) is 0 Å². The zero-order chi connectivity index (χ0) is 19.4. The van der Waals surface area contributed by atoms with E-state index in [2.05, 4.69) is 21.3 Å². The van der Waals surface area contributed by atoms with Gasteiger partial charge in [-0.25, -0.2) is 0 Å². The third kappa shape index (κ3) is 4.47. The molecule has 7 heteroatoms. The number of nitrogens with zero attached hydrogens (tertiary/aromatic N) is 3. The van der Waals surface area contributed by atoms with Gasteiger partial charge in [0.2, 0.25) is 11.8 Å². The van der Waals surface area contributed by atoms with Gasteiger partial charge in [0.05, 0.1) is 17.1 Å². The average Bonchev–Trinajstić information content (AvgIpc) is 3.05. The lowest BCUT2D eigenvalue weighted by molar-refractivity contribution is -0.130. The summed E-state index contributed by atoms with van der Waals surface area (Å²) in [7, 11) is 0. The maximum atomic E-state index is 11.5. The number of carbonyl (C=O) groups is 2. The maximum absolute atomic E-state index is 11.5. The molecule has 7 nitrogen and oxygen atoms in total. The SMILES string of the molecule is CC(=O)NCCc1c[nH]c2c(CN3CCN(C(C)=O)CC3)cc(C#N)cc12. The second-order valence-corrected chi connectivity index (χ2v) is 7.00. The number of aromatic amines is 1. The molecule has 27 heavy (non-hydrogen) atoms. The number of piperazine rings is 1. The average molecular weight is 367 g/mol. The molecule has 1 aliphatic rings. The molecule has 2 amide bonds.